The van der Waals surface area contributed by atoms with Crippen LogP contribution in [0.25, 0.3) is 11.1 Å². The molecule has 0 bridgehead atoms. The molecule has 90 valence electrons. The summed E-state index contributed by atoms with van der Waals surface area (Å²) in [6.45, 7) is 4.56. The summed E-state index contributed by atoms with van der Waals surface area (Å²) >= 11 is 0. The van der Waals surface area contributed by atoms with E-state index in [2.05, 4.69) is 10.2 Å². The van der Waals surface area contributed by atoms with Gasteiger partial charge < -0.3 is 4.74 Å². The topological polar surface area (TPSA) is 37.9 Å². The minimum absolute atomic E-state index is 0.289. The van der Waals surface area contributed by atoms with Crippen LogP contribution < -0.4 is 4.74 Å². The summed E-state index contributed by atoms with van der Waals surface area (Å²) in [4.78, 5) is 0. The molecule has 1 aromatic heterocycles. The van der Waals surface area contributed by atoms with Gasteiger partial charge >= 0.3 is 0 Å². The average Bonchev–Trinajstić information content (AvgIpc) is 2.81. The van der Waals surface area contributed by atoms with Crippen molar-refractivity contribution in [2.75, 3.05) is 6.61 Å². The van der Waals surface area contributed by atoms with E-state index in [1.807, 2.05) is 13.8 Å². The van der Waals surface area contributed by atoms with Crippen LogP contribution in [0.5, 0.6) is 5.75 Å². The number of nitrogens with one attached hydrogen (secondary N) is 1. The Morgan fingerprint density at radius 1 is 1.41 bits per heavy atom. The smallest absolute Gasteiger partial charge is 0.172 e. The molecule has 0 saturated heterocycles. The first kappa shape index (κ1) is 11.6. The third kappa shape index (κ3) is 2.64. The Bertz CT molecular complexity index is 480. The zero-order valence-electron chi connectivity index (χ0n) is 9.90. The molecule has 3 nitrogen and oxygen atoms in total. The van der Waals surface area contributed by atoms with Crippen molar-refractivity contribution in [1.29, 1.82) is 0 Å². The van der Waals surface area contributed by atoms with Crippen LogP contribution in [0, 0.1) is 11.7 Å². The molecule has 2 aromatic rings. The summed E-state index contributed by atoms with van der Waals surface area (Å²) in [5.41, 5.74) is 1.22. The van der Waals surface area contributed by atoms with E-state index in [0.29, 0.717) is 18.1 Å². The van der Waals surface area contributed by atoms with Gasteiger partial charge in [0, 0.05) is 17.3 Å². The monoisotopic (exact) mass is 234 g/mol. The summed E-state index contributed by atoms with van der Waals surface area (Å²) in [5.74, 6) is 0.318. The van der Waals surface area contributed by atoms with Gasteiger partial charge in [0.2, 0.25) is 0 Å². The van der Waals surface area contributed by atoms with Crippen molar-refractivity contribution in [3.05, 3.63) is 36.4 Å². The third-order valence-corrected chi connectivity index (χ3v) is 2.34. The number of benzene rings is 1. The molecule has 2 rings (SSSR count). The van der Waals surface area contributed by atoms with Crippen molar-refractivity contribution in [2.45, 2.75) is 13.8 Å². The number of aromatic nitrogens is 2. The zero-order chi connectivity index (χ0) is 12.3. The van der Waals surface area contributed by atoms with Crippen LogP contribution in [-0.2, 0) is 0 Å². The van der Waals surface area contributed by atoms with Crippen LogP contribution in [0.15, 0.2) is 30.6 Å². The van der Waals surface area contributed by atoms with Crippen LogP contribution in [0.1, 0.15) is 13.8 Å². The van der Waals surface area contributed by atoms with E-state index in [1.165, 1.54) is 0 Å². The fourth-order valence-electron chi connectivity index (χ4n) is 1.50. The Morgan fingerprint density at radius 3 is 2.88 bits per heavy atom. The summed E-state index contributed by atoms with van der Waals surface area (Å²) in [6, 6.07) is 5.13. The maximum absolute atomic E-state index is 14.1. The molecule has 4 heteroatoms. The number of nitrogens with zero attached hydrogens (tertiary/aromatic N) is 1. The van der Waals surface area contributed by atoms with Gasteiger partial charge in [0.15, 0.2) is 11.6 Å². The van der Waals surface area contributed by atoms with Gasteiger partial charge in [-0.25, -0.2) is 4.39 Å². The first-order valence-electron chi connectivity index (χ1n) is 5.59. The molecule has 0 aliphatic rings. The highest BCUT2D eigenvalue weighted by molar-refractivity contribution is 5.64. The van der Waals surface area contributed by atoms with Crippen molar-refractivity contribution in [1.82, 2.24) is 10.2 Å². The molecule has 0 fully saturated rings. The predicted octanol–water partition coefficient (Wildman–Crippen LogP) is 3.25. The van der Waals surface area contributed by atoms with E-state index >= 15 is 0 Å². The molecule has 0 unspecified atom stereocenters. The van der Waals surface area contributed by atoms with Gasteiger partial charge in [-0.15, -0.1) is 0 Å². The second-order valence-corrected chi connectivity index (χ2v) is 4.31. The van der Waals surface area contributed by atoms with Crippen LogP contribution in [-0.4, -0.2) is 16.8 Å². The molecule has 0 saturated carbocycles. The lowest BCUT2D eigenvalue weighted by Crippen LogP contribution is -2.06. The number of hydrogen-bond donors (Lipinski definition) is 1. The SMILES string of the molecule is CC(C)COc1cccc(-c2cn[nH]c2)c1F. The van der Waals surface area contributed by atoms with Gasteiger partial charge in [-0.3, -0.25) is 5.10 Å². The van der Waals surface area contributed by atoms with Crippen molar-refractivity contribution in [3.63, 3.8) is 0 Å². The van der Waals surface area contributed by atoms with Crippen molar-refractivity contribution in [2.24, 2.45) is 5.92 Å². The number of hydrogen-bond acceptors (Lipinski definition) is 2. The molecule has 0 aliphatic carbocycles. The van der Waals surface area contributed by atoms with Gasteiger partial charge in [-0.1, -0.05) is 26.0 Å². The number of halogens is 1. The summed E-state index contributed by atoms with van der Waals surface area (Å²) in [7, 11) is 0. The van der Waals surface area contributed by atoms with Gasteiger partial charge in [-0.05, 0) is 12.0 Å². The van der Waals surface area contributed by atoms with E-state index in [0.717, 1.165) is 5.56 Å². The van der Waals surface area contributed by atoms with Crippen LogP contribution in [0.2, 0.25) is 0 Å². The minimum Gasteiger partial charge on any atom is -0.490 e. The lowest BCUT2D eigenvalue weighted by atomic mass is 10.1. The zero-order valence-corrected chi connectivity index (χ0v) is 9.90. The largest absolute Gasteiger partial charge is 0.490 e. The highest BCUT2D eigenvalue weighted by atomic mass is 19.1. The number of rotatable bonds is 4. The van der Waals surface area contributed by atoms with E-state index in [9.17, 15) is 4.39 Å². The number of ether oxygens (including phenoxy) is 1. The van der Waals surface area contributed by atoms with E-state index in [1.54, 1.807) is 30.6 Å². The average molecular weight is 234 g/mol. The molecule has 0 aliphatic heterocycles. The summed E-state index contributed by atoms with van der Waals surface area (Å²) in [5, 5.41) is 6.48. The minimum atomic E-state index is -0.338. The molecule has 17 heavy (non-hydrogen) atoms. The van der Waals surface area contributed by atoms with Crippen molar-refractivity contribution >= 4 is 0 Å². The fourth-order valence-corrected chi connectivity index (χ4v) is 1.50. The second-order valence-electron chi connectivity index (χ2n) is 4.31. The molecule has 0 radical (unpaired) electrons. The Balaban J connectivity index is 2.27. The Labute approximate surface area is 99.6 Å². The number of aromatic amines is 1. The lowest BCUT2D eigenvalue weighted by Gasteiger charge is -2.11. The van der Waals surface area contributed by atoms with E-state index in [4.69, 9.17) is 4.74 Å². The van der Waals surface area contributed by atoms with Gasteiger partial charge in [-0.2, -0.15) is 5.10 Å². The third-order valence-electron chi connectivity index (χ3n) is 2.34. The van der Waals surface area contributed by atoms with Crippen LogP contribution >= 0.6 is 0 Å². The Hall–Kier alpha value is -1.84. The quantitative estimate of drug-likeness (QED) is 0.881. The van der Waals surface area contributed by atoms with Crippen LogP contribution in [0.4, 0.5) is 4.39 Å². The molecular formula is C13H15FN2O. The normalized spacial score (nSPS) is 10.8. The fraction of sp³-hybridized carbons (Fsp3) is 0.308. The highest BCUT2D eigenvalue weighted by Gasteiger charge is 2.11. The maximum Gasteiger partial charge on any atom is 0.172 e. The lowest BCUT2D eigenvalue weighted by molar-refractivity contribution is 0.259. The van der Waals surface area contributed by atoms with E-state index < -0.39 is 0 Å². The maximum atomic E-state index is 14.1. The molecule has 1 aromatic carbocycles. The Kier molecular flexibility index (Phi) is 3.42. The van der Waals surface area contributed by atoms with Gasteiger partial charge in [0.1, 0.15) is 0 Å². The molecule has 1 heterocycles. The first-order chi connectivity index (χ1) is 8.18. The standard InChI is InChI=1S/C13H15FN2O/c1-9(2)8-17-12-5-3-4-11(13(12)14)10-6-15-16-7-10/h3-7,9H,8H2,1-2H3,(H,15,16). The molecular weight excluding hydrogens is 219 g/mol. The van der Waals surface area contributed by atoms with Crippen molar-refractivity contribution < 1.29 is 9.13 Å². The van der Waals surface area contributed by atoms with Gasteiger partial charge in [0.25, 0.3) is 0 Å². The Morgan fingerprint density at radius 2 is 2.24 bits per heavy atom. The molecule has 0 amide bonds. The van der Waals surface area contributed by atoms with Crippen LogP contribution in [0.3, 0.4) is 0 Å². The molecule has 0 atom stereocenters. The predicted molar refractivity (Wildman–Crippen MR) is 64.3 cm³/mol. The molecule has 1 N–H and O–H groups in total. The first-order valence-corrected chi connectivity index (χ1v) is 5.59. The number of H-pyrrole nitrogens is 1. The van der Waals surface area contributed by atoms with E-state index in [-0.39, 0.29) is 11.6 Å². The summed E-state index contributed by atoms with van der Waals surface area (Å²) in [6.07, 6.45) is 3.25. The van der Waals surface area contributed by atoms with Gasteiger partial charge in [0.05, 0.1) is 12.8 Å². The summed E-state index contributed by atoms with van der Waals surface area (Å²) < 4.78 is 19.6. The molecule has 0 spiro atoms. The van der Waals surface area contributed by atoms with Crippen molar-refractivity contribution in [3.8, 4) is 16.9 Å². The second kappa shape index (κ2) is 4.99. The highest BCUT2D eigenvalue weighted by Crippen LogP contribution is 2.28.